The fraction of sp³-hybridized carbons (Fsp3) is 0.263. The van der Waals surface area contributed by atoms with Crippen LogP contribution in [-0.2, 0) is 15.3 Å². The molecule has 0 fully saturated rings. The second-order valence-electron chi connectivity index (χ2n) is 5.70. The molecule has 1 heterocycles. The Bertz CT molecular complexity index is 841. The molecule has 0 spiro atoms. The lowest BCUT2D eigenvalue weighted by Crippen LogP contribution is -2.16. The largest absolute Gasteiger partial charge is 0.486 e. The maximum atomic E-state index is 12.1. The topological polar surface area (TPSA) is 73.9 Å². The Balaban J connectivity index is 1.50. The number of esters is 1. The van der Waals surface area contributed by atoms with E-state index in [1.165, 1.54) is 18.9 Å². The third kappa shape index (κ3) is 5.17. The standard InChI is InChI=1S/C19H18BrNO5S/c1-24-19(23)12-2-4-14(5-3-12)21-18(22)11-27-10-13-8-16-17(9-15(13)20)26-7-6-25-16/h2-5,8-9H,6-7,10-11H2,1H3,(H,21,22). The number of halogens is 1. The molecule has 1 amide bonds. The molecule has 0 aliphatic carbocycles. The Hall–Kier alpha value is -2.19. The molecule has 0 radical (unpaired) electrons. The number of carbonyl (C=O) groups excluding carboxylic acids is 2. The van der Waals surface area contributed by atoms with E-state index in [-0.39, 0.29) is 5.91 Å². The zero-order valence-electron chi connectivity index (χ0n) is 14.6. The number of thioether (sulfide) groups is 1. The molecule has 6 nitrogen and oxygen atoms in total. The Labute approximate surface area is 169 Å². The molecule has 0 atom stereocenters. The zero-order chi connectivity index (χ0) is 19.2. The third-order valence-corrected chi connectivity index (χ3v) is 5.51. The number of fused-ring (bicyclic) bond motifs is 1. The number of benzene rings is 2. The van der Waals surface area contributed by atoms with Crippen LogP contribution in [-0.4, -0.2) is 38.0 Å². The van der Waals surface area contributed by atoms with Crippen molar-refractivity contribution in [3.05, 3.63) is 52.0 Å². The highest BCUT2D eigenvalue weighted by Crippen LogP contribution is 2.36. The predicted molar refractivity (Wildman–Crippen MR) is 108 cm³/mol. The summed E-state index contributed by atoms with van der Waals surface area (Å²) < 4.78 is 16.7. The van der Waals surface area contributed by atoms with Crippen molar-refractivity contribution in [1.82, 2.24) is 0 Å². The average molecular weight is 452 g/mol. The van der Waals surface area contributed by atoms with Crippen molar-refractivity contribution in [1.29, 1.82) is 0 Å². The van der Waals surface area contributed by atoms with Crippen molar-refractivity contribution >= 4 is 45.3 Å². The highest BCUT2D eigenvalue weighted by atomic mass is 79.9. The van der Waals surface area contributed by atoms with Crippen LogP contribution in [0.5, 0.6) is 11.5 Å². The second-order valence-corrected chi connectivity index (χ2v) is 7.54. The summed E-state index contributed by atoms with van der Waals surface area (Å²) >= 11 is 5.03. The maximum absolute atomic E-state index is 12.1. The van der Waals surface area contributed by atoms with Crippen LogP contribution >= 0.6 is 27.7 Å². The fourth-order valence-electron chi connectivity index (χ4n) is 2.47. The summed E-state index contributed by atoms with van der Waals surface area (Å²) in [5.41, 5.74) is 2.11. The van der Waals surface area contributed by atoms with Gasteiger partial charge in [-0.2, -0.15) is 0 Å². The minimum absolute atomic E-state index is 0.112. The van der Waals surface area contributed by atoms with Crippen LogP contribution in [0, 0.1) is 0 Å². The minimum Gasteiger partial charge on any atom is -0.486 e. The van der Waals surface area contributed by atoms with Crippen molar-refractivity contribution in [2.75, 3.05) is 31.4 Å². The van der Waals surface area contributed by atoms with Gasteiger partial charge in [-0.25, -0.2) is 4.79 Å². The molecule has 8 heteroatoms. The quantitative estimate of drug-likeness (QED) is 0.671. The molecule has 2 aromatic carbocycles. The van der Waals surface area contributed by atoms with E-state index in [1.54, 1.807) is 24.3 Å². The number of rotatable bonds is 6. The number of methoxy groups -OCH3 is 1. The van der Waals surface area contributed by atoms with E-state index in [0.29, 0.717) is 36.0 Å². The molecule has 0 unspecified atom stereocenters. The molecule has 1 N–H and O–H groups in total. The summed E-state index contributed by atoms with van der Waals surface area (Å²) in [5, 5.41) is 2.81. The van der Waals surface area contributed by atoms with Crippen LogP contribution in [0.3, 0.4) is 0 Å². The van der Waals surface area contributed by atoms with Crippen LogP contribution in [0.2, 0.25) is 0 Å². The highest BCUT2D eigenvalue weighted by Gasteiger charge is 2.15. The molecule has 0 saturated heterocycles. The van der Waals surface area contributed by atoms with Gasteiger partial charge in [-0.15, -0.1) is 11.8 Å². The van der Waals surface area contributed by atoms with E-state index in [4.69, 9.17) is 9.47 Å². The molecular formula is C19H18BrNO5S. The van der Waals surface area contributed by atoms with Crippen molar-refractivity contribution in [3.8, 4) is 11.5 Å². The molecule has 0 saturated carbocycles. The number of hydrogen-bond donors (Lipinski definition) is 1. The van der Waals surface area contributed by atoms with E-state index in [0.717, 1.165) is 21.5 Å². The lowest BCUT2D eigenvalue weighted by Gasteiger charge is -2.19. The van der Waals surface area contributed by atoms with Crippen molar-refractivity contribution in [2.24, 2.45) is 0 Å². The van der Waals surface area contributed by atoms with Crippen LogP contribution in [0.15, 0.2) is 40.9 Å². The van der Waals surface area contributed by atoms with Gasteiger partial charge in [0.25, 0.3) is 0 Å². The third-order valence-electron chi connectivity index (χ3n) is 3.79. The van der Waals surface area contributed by atoms with E-state index < -0.39 is 5.97 Å². The molecule has 0 bridgehead atoms. The van der Waals surface area contributed by atoms with Gasteiger partial charge < -0.3 is 19.5 Å². The van der Waals surface area contributed by atoms with E-state index in [1.807, 2.05) is 12.1 Å². The summed E-state index contributed by atoms with van der Waals surface area (Å²) in [4.78, 5) is 23.5. The van der Waals surface area contributed by atoms with Crippen molar-refractivity contribution in [3.63, 3.8) is 0 Å². The molecule has 2 aromatic rings. The van der Waals surface area contributed by atoms with Gasteiger partial charge >= 0.3 is 5.97 Å². The normalized spacial score (nSPS) is 12.4. The molecule has 3 rings (SSSR count). The first-order valence-corrected chi connectivity index (χ1v) is 10.2. The van der Waals surface area contributed by atoms with Crippen LogP contribution in [0.25, 0.3) is 0 Å². The van der Waals surface area contributed by atoms with Crippen LogP contribution in [0.4, 0.5) is 5.69 Å². The monoisotopic (exact) mass is 451 g/mol. The van der Waals surface area contributed by atoms with Gasteiger partial charge in [-0.1, -0.05) is 15.9 Å². The number of amides is 1. The first kappa shape index (κ1) is 19.6. The Morgan fingerprint density at radius 1 is 1.15 bits per heavy atom. The molecule has 27 heavy (non-hydrogen) atoms. The summed E-state index contributed by atoms with van der Waals surface area (Å²) in [7, 11) is 1.33. The van der Waals surface area contributed by atoms with Crippen molar-refractivity contribution < 1.29 is 23.8 Å². The molecule has 0 aromatic heterocycles. The van der Waals surface area contributed by atoms with Gasteiger partial charge in [-0.3, -0.25) is 4.79 Å². The van der Waals surface area contributed by atoms with Gasteiger partial charge in [0.2, 0.25) is 5.91 Å². The maximum Gasteiger partial charge on any atom is 0.337 e. The molecule has 1 aliphatic rings. The summed E-state index contributed by atoms with van der Waals surface area (Å²) in [6, 6.07) is 10.4. The minimum atomic E-state index is -0.409. The second kappa shape index (κ2) is 9.14. The number of ether oxygens (including phenoxy) is 3. The summed E-state index contributed by atoms with van der Waals surface area (Å²) in [5.74, 6) is 1.91. The summed E-state index contributed by atoms with van der Waals surface area (Å²) in [6.07, 6.45) is 0. The molecule has 1 aliphatic heterocycles. The number of nitrogens with one attached hydrogen (secondary N) is 1. The Kier molecular flexibility index (Phi) is 6.63. The zero-order valence-corrected chi connectivity index (χ0v) is 17.0. The predicted octanol–water partition coefficient (Wildman–Crippen LogP) is 3.88. The highest BCUT2D eigenvalue weighted by molar-refractivity contribution is 9.10. The lowest BCUT2D eigenvalue weighted by atomic mass is 10.2. The number of carbonyl (C=O) groups is 2. The molecular weight excluding hydrogens is 434 g/mol. The van der Waals surface area contributed by atoms with Gasteiger partial charge in [-0.05, 0) is 42.0 Å². The molecule has 142 valence electrons. The summed E-state index contributed by atoms with van der Waals surface area (Å²) in [6.45, 7) is 1.09. The van der Waals surface area contributed by atoms with E-state index in [9.17, 15) is 9.59 Å². The Morgan fingerprint density at radius 3 is 2.48 bits per heavy atom. The fourth-order valence-corrected chi connectivity index (χ4v) is 3.94. The number of anilines is 1. The van der Waals surface area contributed by atoms with Gasteiger partial charge in [0.15, 0.2) is 11.5 Å². The SMILES string of the molecule is COC(=O)c1ccc(NC(=O)CSCc2cc3c(cc2Br)OCCO3)cc1. The van der Waals surface area contributed by atoms with Gasteiger partial charge in [0, 0.05) is 15.9 Å². The van der Waals surface area contributed by atoms with Crippen LogP contribution in [0.1, 0.15) is 15.9 Å². The van der Waals surface area contributed by atoms with Gasteiger partial charge in [0.1, 0.15) is 13.2 Å². The van der Waals surface area contributed by atoms with E-state index >= 15 is 0 Å². The first-order valence-electron chi connectivity index (χ1n) is 8.21. The Morgan fingerprint density at radius 2 is 1.81 bits per heavy atom. The van der Waals surface area contributed by atoms with Gasteiger partial charge in [0.05, 0.1) is 18.4 Å². The van der Waals surface area contributed by atoms with E-state index in [2.05, 4.69) is 26.0 Å². The number of hydrogen-bond acceptors (Lipinski definition) is 6. The lowest BCUT2D eigenvalue weighted by molar-refractivity contribution is -0.113. The average Bonchev–Trinajstić information content (AvgIpc) is 2.68. The van der Waals surface area contributed by atoms with Crippen molar-refractivity contribution in [2.45, 2.75) is 5.75 Å². The van der Waals surface area contributed by atoms with Crippen LogP contribution < -0.4 is 14.8 Å². The smallest absolute Gasteiger partial charge is 0.337 e. The first-order chi connectivity index (χ1) is 13.1.